The van der Waals surface area contributed by atoms with E-state index in [2.05, 4.69) is 5.10 Å². The number of imide groups is 1. The van der Waals surface area contributed by atoms with Gasteiger partial charge in [-0.2, -0.15) is 5.10 Å². The Hall–Kier alpha value is -5.13. The van der Waals surface area contributed by atoms with Crippen molar-refractivity contribution in [1.29, 1.82) is 0 Å². The Balaban J connectivity index is 1.64. The van der Waals surface area contributed by atoms with Gasteiger partial charge in [0.2, 0.25) is 5.91 Å². The van der Waals surface area contributed by atoms with Gasteiger partial charge in [-0.25, -0.2) is 4.90 Å². The van der Waals surface area contributed by atoms with Crippen LogP contribution >= 0.6 is 0 Å². The largest absolute Gasteiger partial charge is 0.495 e. The Morgan fingerprint density at radius 2 is 1.50 bits per heavy atom. The second-order valence-corrected chi connectivity index (χ2v) is 8.02. The number of nitro groups is 2. The van der Waals surface area contributed by atoms with Gasteiger partial charge >= 0.3 is 0 Å². The van der Waals surface area contributed by atoms with Crippen molar-refractivity contribution in [2.45, 2.75) is 6.04 Å². The number of fused-ring (bicyclic) bond motifs is 1. The number of methoxy groups -OCH3 is 1. The van der Waals surface area contributed by atoms with Gasteiger partial charge < -0.3 is 4.74 Å². The topological polar surface area (TPSA) is 148 Å². The highest BCUT2D eigenvalue weighted by molar-refractivity contribution is 6.34. The highest BCUT2D eigenvalue weighted by Crippen LogP contribution is 2.42. The van der Waals surface area contributed by atoms with E-state index in [1.807, 2.05) is 0 Å². The molecule has 0 radical (unpaired) electrons. The van der Waals surface area contributed by atoms with Crippen LogP contribution < -0.4 is 14.6 Å². The summed E-state index contributed by atoms with van der Waals surface area (Å²) in [6.07, 6.45) is 0. The van der Waals surface area contributed by atoms with E-state index >= 15 is 0 Å². The molecular weight excluding hydrogens is 470 g/mol. The van der Waals surface area contributed by atoms with Gasteiger partial charge in [0.05, 0.1) is 28.4 Å². The van der Waals surface area contributed by atoms with Gasteiger partial charge in [0.1, 0.15) is 23.4 Å². The van der Waals surface area contributed by atoms with Crippen LogP contribution in [0.3, 0.4) is 0 Å². The summed E-state index contributed by atoms with van der Waals surface area (Å²) in [6, 6.07) is 16.9. The molecule has 0 unspecified atom stereocenters. The fourth-order valence-corrected chi connectivity index (χ4v) is 4.40. The summed E-state index contributed by atoms with van der Waals surface area (Å²) in [5.41, 5.74) is 0.746. The minimum Gasteiger partial charge on any atom is -0.495 e. The third kappa shape index (κ3) is 3.52. The number of hydrogen-bond acceptors (Lipinski definition) is 9. The van der Waals surface area contributed by atoms with Crippen molar-refractivity contribution in [3.05, 3.63) is 98.6 Å². The van der Waals surface area contributed by atoms with E-state index in [1.54, 1.807) is 30.3 Å². The Morgan fingerprint density at radius 3 is 2.11 bits per heavy atom. The zero-order valence-electron chi connectivity index (χ0n) is 18.7. The number of para-hydroxylation sites is 1. The minimum absolute atomic E-state index is 0.0489. The van der Waals surface area contributed by atoms with Crippen molar-refractivity contribution >= 4 is 40.3 Å². The van der Waals surface area contributed by atoms with Crippen molar-refractivity contribution in [3.8, 4) is 5.75 Å². The number of carbonyl (C=O) groups is 2. The second kappa shape index (κ2) is 8.58. The second-order valence-electron chi connectivity index (χ2n) is 8.02. The van der Waals surface area contributed by atoms with Crippen LogP contribution in [-0.4, -0.2) is 40.5 Å². The number of benzene rings is 3. The number of hydrazone groups is 1. The molecule has 3 aromatic carbocycles. The standard InChI is InChI=1S/C24H17N5O7/c1-36-19-12-11-17(29(34)35)13-18(19)26-23(30)20-21(14-7-9-16(10-8-14)28(32)33)25-27(22(20)24(26)31)15-5-3-2-4-6-15/h2-13,20,22H,1H3/t20-,22+/m1/s1. The van der Waals surface area contributed by atoms with E-state index in [9.17, 15) is 29.8 Å². The molecule has 2 aliphatic heterocycles. The average Bonchev–Trinajstić information content (AvgIpc) is 3.40. The maximum Gasteiger partial charge on any atom is 0.271 e. The van der Waals surface area contributed by atoms with E-state index in [0.717, 1.165) is 11.0 Å². The number of nitrogens with zero attached hydrogens (tertiary/aromatic N) is 5. The average molecular weight is 487 g/mol. The number of hydrogen-bond donors (Lipinski definition) is 0. The van der Waals surface area contributed by atoms with Crippen LogP contribution in [0.25, 0.3) is 0 Å². The van der Waals surface area contributed by atoms with Gasteiger partial charge in [0, 0.05) is 24.3 Å². The molecule has 36 heavy (non-hydrogen) atoms. The first-order valence-corrected chi connectivity index (χ1v) is 10.7. The Bertz CT molecular complexity index is 1440. The molecule has 12 heteroatoms. The van der Waals surface area contributed by atoms with E-state index in [-0.39, 0.29) is 28.5 Å². The summed E-state index contributed by atoms with van der Waals surface area (Å²) in [5.74, 6) is -2.21. The Morgan fingerprint density at radius 1 is 0.861 bits per heavy atom. The third-order valence-corrected chi connectivity index (χ3v) is 6.06. The van der Waals surface area contributed by atoms with Crippen LogP contribution in [0, 0.1) is 26.1 Å². The summed E-state index contributed by atoms with van der Waals surface area (Å²) >= 11 is 0. The lowest BCUT2D eigenvalue weighted by molar-refractivity contribution is -0.385. The van der Waals surface area contributed by atoms with Gasteiger partial charge in [-0.05, 0) is 35.9 Å². The summed E-state index contributed by atoms with van der Waals surface area (Å²) in [4.78, 5) is 49.7. The van der Waals surface area contributed by atoms with E-state index < -0.39 is 33.6 Å². The number of non-ortho nitro benzene ring substituents is 2. The van der Waals surface area contributed by atoms with Crippen LogP contribution in [0.5, 0.6) is 5.75 Å². The maximum absolute atomic E-state index is 13.7. The monoisotopic (exact) mass is 487 g/mol. The first kappa shape index (κ1) is 22.7. The molecule has 3 aromatic rings. The minimum atomic E-state index is -1.06. The quantitative estimate of drug-likeness (QED) is 0.292. The van der Waals surface area contributed by atoms with E-state index in [0.29, 0.717) is 11.3 Å². The number of anilines is 2. The molecule has 0 aliphatic carbocycles. The molecule has 2 heterocycles. The lowest BCUT2D eigenvalue weighted by Crippen LogP contribution is -2.39. The highest BCUT2D eigenvalue weighted by Gasteiger charge is 2.58. The predicted molar refractivity (Wildman–Crippen MR) is 128 cm³/mol. The maximum atomic E-state index is 13.7. The highest BCUT2D eigenvalue weighted by atomic mass is 16.6. The zero-order valence-corrected chi connectivity index (χ0v) is 18.7. The van der Waals surface area contributed by atoms with Crippen LogP contribution in [-0.2, 0) is 9.59 Å². The molecule has 2 atom stereocenters. The van der Waals surface area contributed by atoms with Crippen molar-refractivity contribution in [2.24, 2.45) is 11.0 Å². The number of carbonyl (C=O) groups excluding carboxylic acids is 2. The fourth-order valence-electron chi connectivity index (χ4n) is 4.40. The van der Waals surface area contributed by atoms with Gasteiger partial charge in [0.15, 0.2) is 0 Å². The smallest absolute Gasteiger partial charge is 0.271 e. The molecule has 0 bridgehead atoms. The molecule has 0 saturated carbocycles. The lowest BCUT2D eigenvalue weighted by Gasteiger charge is -2.22. The fraction of sp³-hybridized carbons (Fsp3) is 0.125. The molecule has 12 nitrogen and oxygen atoms in total. The first-order chi connectivity index (χ1) is 17.3. The summed E-state index contributed by atoms with van der Waals surface area (Å²) in [6.45, 7) is 0. The number of nitro benzene ring substituents is 2. The molecule has 2 amide bonds. The van der Waals surface area contributed by atoms with Gasteiger partial charge in [-0.1, -0.05) is 18.2 Å². The van der Waals surface area contributed by atoms with Gasteiger partial charge in [0.25, 0.3) is 17.3 Å². The van der Waals surface area contributed by atoms with Crippen LogP contribution in [0.4, 0.5) is 22.7 Å². The Labute approximate surface area is 203 Å². The van der Waals surface area contributed by atoms with Crippen LogP contribution in [0.2, 0.25) is 0 Å². The van der Waals surface area contributed by atoms with Gasteiger partial charge in [-0.3, -0.25) is 34.8 Å². The van der Waals surface area contributed by atoms with Crippen molar-refractivity contribution in [2.75, 3.05) is 17.0 Å². The van der Waals surface area contributed by atoms with Crippen molar-refractivity contribution in [1.82, 2.24) is 0 Å². The van der Waals surface area contributed by atoms with Gasteiger partial charge in [-0.15, -0.1) is 0 Å². The number of ether oxygens (including phenoxy) is 1. The molecule has 2 aliphatic rings. The summed E-state index contributed by atoms with van der Waals surface area (Å²) < 4.78 is 5.29. The lowest BCUT2D eigenvalue weighted by atomic mass is 9.92. The summed E-state index contributed by atoms with van der Waals surface area (Å²) in [5, 5.41) is 28.5. The first-order valence-electron chi connectivity index (χ1n) is 10.7. The number of rotatable bonds is 6. The zero-order chi connectivity index (χ0) is 25.6. The molecule has 0 aromatic heterocycles. The normalized spacial score (nSPS) is 18.8. The molecule has 1 saturated heterocycles. The Kier molecular flexibility index (Phi) is 5.40. The molecule has 5 rings (SSSR count). The summed E-state index contributed by atoms with van der Waals surface area (Å²) in [7, 11) is 1.33. The predicted octanol–water partition coefficient (Wildman–Crippen LogP) is 3.29. The molecule has 0 spiro atoms. The molecule has 1 fully saturated rings. The van der Waals surface area contributed by atoms with Crippen molar-refractivity contribution in [3.63, 3.8) is 0 Å². The van der Waals surface area contributed by atoms with Crippen LogP contribution in [0.1, 0.15) is 5.56 Å². The molecule has 180 valence electrons. The molecule has 0 N–H and O–H groups in total. The SMILES string of the molecule is COc1ccc([N+](=O)[O-])cc1N1C(=O)[C@@H]2C(c3ccc([N+](=O)[O-])cc3)=NN(c3ccccc3)[C@@H]2C1=O. The van der Waals surface area contributed by atoms with Crippen molar-refractivity contribution < 1.29 is 24.2 Å². The third-order valence-electron chi connectivity index (χ3n) is 6.06. The molecular formula is C24H17N5O7. The van der Waals surface area contributed by atoms with Crippen LogP contribution in [0.15, 0.2) is 77.9 Å². The van der Waals surface area contributed by atoms with E-state index in [1.165, 1.54) is 48.5 Å². The van der Waals surface area contributed by atoms with E-state index in [4.69, 9.17) is 4.74 Å². The number of amides is 2.